The first-order chi connectivity index (χ1) is 8.40. The van der Waals surface area contributed by atoms with Crippen LogP contribution in [0, 0.1) is 5.82 Å². The topological polar surface area (TPSA) is 72.5 Å². The van der Waals surface area contributed by atoms with Gasteiger partial charge in [-0.2, -0.15) is 0 Å². The number of halogens is 1. The Morgan fingerprint density at radius 2 is 2.28 bits per heavy atom. The molecule has 1 unspecified atom stereocenters. The number of hydrogen-bond acceptors (Lipinski definition) is 4. The molecule has 0 aromatic heterocycles. The third-order valence-corrected chi connectivity index (χ3v) is 2.93. The average Bonchev–Trinajstić information content (AvgIpc) is 2.26. The predicted octanol–water partition coefficient (Wildman–Crippen LogP) is 0.343. The monoisotopic (exact) mass is 289 g/mol. The first-order valence-electron chi connectivity index (χ1n) is 4.79. The van der Waals surface area contributed by atoms with Gasteiger partial charge in [0.1, 0.15) is 10.8 Å². The lowest BCUT2D eigenvalue weighted by molar-refractivity contribution is -0.121. The van der Waals surface area contributed by atoms with E-state index in [0.717, 1.165) is 0 Å². The summed E-state index contributed by atoms with van der Waals surface area (Å²) in [5.41, 5.74) is 2.68. The Kier molecular flexibility index (Phi) is 5.32. The molecule has 1 atom stereocenters. The fraction of sp³-hybridized carbons (Fsp3) is 0.200. The number of thiocarbonyl (C=S) groups is 1. The van der Waals surface area contributed by atoms with Crippen molar-refractivity contribution in [2.75, 3.05) is 12.8 Å². The molecule has 0 saturated carbocycles. The summed E-state index contributed by atoms with van der Waals surface area (Å²) in [5, 5.41) is 1.17. The maximum Gasteiger partial charge on any atom is 0.249 e. The molecule has 0 bridgehead atoms. The molecule has 5 nitrogen and oxygen atoms in total. The van der Waals surface area contributed by atoms with Crippen LogP contribution in [-0.4, -0.2) is 37.5 Å². The van der Waals surface area contributed by atoms with Crippen LogP contribution in [0.2, 0.25) is 0 Å². The van der Waals surface area contributed by atoms with E-state index >= 15 is 0 Å². The Hall–Kier alpha value is -1.38. The van der Waals surface area contributed by atoms with Gasteiger partial charge in [-0.1, -0.05) is 24.4 Å². The number of benzene rings is 1. The molecule has 98 valence electrons. The summed E-state index contributed by atoms with van der Waals surface area (Å²) >= 11 is 2.56. The number of amides is 1. The molecule has 0 aliphatic rings. The van der Waals surface area contributed by atoms with E-state index in [4.69, 9.17) is 12.2 Å². The first kappa shape index (κ1) is 14.7. The minimum atomic E-state index is -2.47. The van der Waals surface area contributed by atoms with E-state index in [9.17, 15) is 17.9 Å². The molecule has 0 aliphatic heterocycles. The molecule has 1 aromatic carbocycles. The smallest absolute Gasteiger partial charge is 0.249 e. The van der Waals surface area contributed by atoms with E-state index < -0.39 is 28.6 Å². The number of carbonyl (C=O) groups is 1. The molecule has 0 fully saturated rings. The maximum absolute atomic E-state index is 13.0. The second-order valence-electron chi connectivity index (χ2n) is 3.36. The van der Waals surface area contributed by atoms with Crippen molar-refractivity contribution in [2.24, 2.45) is 0 Å². The van der Waals surface area contributed by atoms with Gasteiger partial charge >= 0.3 is 0 Å². The lowest BCUT2D eigenvalue weighted by atomic mass is 10.2. The molecule has 8 heteroatoms. The van der Waals surface area contributed by atoms with Crippen LogP contribution >= 0.6 is 12.2 Å². The summed E-state index contributed by atoms with van der Waals surface area (Å²) in [6.45, 7) is 0. The van der Waals surface area contributed by atoms with E-state index in [-0.39, 0.29) is 4.99 Å². The van der Waals surface area contributed by atoms with Gasteiger partial charge in [0, 0.05) is 12.6 Å². The third-order valence-electron chi connectivity index (χ3n) is 1.92. The van der Waals surface area contributed by atoms with Crippen molar-refractivity contribution in [3.05, 3.63) is 35.6 Å². The maximum atomic E-state index is 13.0. The van der Waals surface area contributed by atoms with Gasteiger partial charge in [0.05, 0.1) is 5.75 Å². The molecule has 1 rings (SSSR count). The van der Waals surface area contributed by atoms with Crippen molar-refractivity contribution in [1.82, 2.24) is 10.4 Å². The van der Waals surface area contributed by atoms with Gasteiger partial charge in [0.2, 0.25) is 5.91 Å². The molecule has 0 spiro atoms. The molecule has 1 aromatic rings. The SMILES string of the molecule is CN(NC(=O)CS(=O)[O-])C(=S)c1cccc(F)c1. The highest BCUT2D eigenvalue weighted by atomic mass is 32.2. The number of nitrogens with one attached hydrogen (secondary N) is 1. The average molecular weight is 289 g/mol. The van der Waals surface area contributed by atoms with E-state index in [2.05, 4.69) is 5.43 Å². The van der Waals surface area contributed by atoms with Gasteiger partial charge in [-0.3, -0.25) is 19.4 Å². The lowest BCUT2D eigenvalue weighted by Crippen LogP contribution is -2.44. The molecule has 18 heavy (non-hydrogen) atoms. The van der Waals surface area contributed by atoms with Gasteiger partial charge in [-0.15, -0.1) is 0 Å². The van der Waals surface area contributed by atoms with Crippen LogP contribution < -0.4 is 5.43 Å². The molecule has 0 radical (unpaired) electrons. The third kappa shape index (κ3) is 4.47. The zero-order valence-corrected chi connectivity index (χ0v) is 11.0. The molecular weight excluding hydrogens is 279 g/mol. The van der Waals surface area contributed by atoms with E-state index in [0.29, 0.717) is 5.56 Å². The van der Waals surface area contributed by atoms with Crippen LogP contribution in [-0.2, 0) is 15.9 Å². The number of nitrogens with zero attached hydrogens (tertiary/aromatic N) is 1. The highest BCUT2D eigenvalue weighted by molar-refractivity contribution is 7.80. The highest BCUT2D eigenvalue weighted by Crippen LogP contribution is 2.06. The number of carbonyl (C=O) groups excluding carboxylic acids is 1. The zero-order chi connectivity index (χ0) is 13.7. The standard InChI is InChI=1S/C10H11FN2O3S2/c1-13(12-9(14)6-18(15)16)10(17)7-3-2-4-8(11)5-7/h2-5H,6H2,1H3,(H,12,14)(H,15,16)/p-1. The van der Waals surface area contributed by atoms with Crippen LogP contribution in [0.3, 0.4) is 0 Å². The Labute approximate surface area is 111 Å². The van der Waals surface area contributed by atoms with Crippen molar-refractivity contribution in [3.63, 3.8) is 0 Å². The van der Waals surface area contributed by atoms with Gasteiger partial charge in [0.25, 0.3) is 0 Å². The fourth-order valence-corrected chi connectivity index (χ4v) is 1.64. The highest BCUT2D eigenvalue weighted by Gasteiger charge is 2.11. The number of hydrazine groups is 1. The minimum absolute atomic E-state index is 0.180. The Balaban J connectivity index is 2.67. The summed E-state index contributed by atoms with van der Waals surface area (Å²) in [4.78, 5) is 11.4. The van der Waals surface area contributed by atoms with Gasteiger partial charge < -0.3 is 4.55 Å². The molecule has 0 heterocycles. The van der Waals surface area contributed by atoms with Crippen LogP contribution in [0.5, 0.6) is 0 Å². The van der Waals surface area contributed by atoms with Gasteiger partial charge in [-0.05, 0) is 23.2 Å². The van der Waals surface area contributed by atoms with Gasteiger partial charge in [-0.25, -0.2) is 4.39 Å². The summed E-state index contributed by atoms with van der Waals surface area (Å²) in [5.74, 6) is -1.82. The summed E-state index contributed by atoms with van der Waals surface area (Å²) in [6.07, 6.45) is 0. The minimum Gasteiger partial charge on any atom is -0.772 e. The summed E-state index contributed by atoms with van der Waals surface area (Å²) < 4.78 is 33.6. The zero-order valence-electron chi connectivity index (χ0n) is 9.38. The van der Waals surface area contributed by atoms with Crippen molar-refractivity contribution in [1.29, 1.82) is 0 Å². The van der Waals surface area contributed by atoms with Crippen LogP contribution in [0.1, 0.15) is 5.56 Å². The predicted molar refractivity (Wildman–Crippen MR) is 67.8 cm³/mol. The van der Waals surface area contributed by atoms with Gasteiger partial charge in [0.15, 0.2) is 0 Å². The number of hydrogen-bond donors (Lipinski definition) is 1. The van der Waals surface area contributed by atoms with E-state index in [1.165, 1.54) is 30.3 Å². The van der Waals surface area contributed by atoms with Crippen LogP contribution in [0.4, 0.5) is 4.39 Å². The Morgan fingerprint density at radius 1 is 1.61 bits per heavy atom. The Bertz CT molecular complexity index is 496. The van der Waals surface area contributed by atoms with Crippen molar-refractivity contribution >= 4 is 34.2 Å². The van der Waals surface area contributed by atoms with Crippen molar-refractivity contribution in [3.8, 4) is 0 Å². The second kappa shape index (κ2) is 6.53. The molecule has 1 N–H and O–H groups in total. The summed E-state index contributed by atoms with van der Waals surface area (Å²) in [6, 6.07) is 5.56. The Morgan fingerprint density at radius 3 is 2.83 bits per heavy atom. The first-order valence-corrected chi connectivity index (χ1v) is 6.44. The molecule has 0 aliphatic carbocycles. The van der Waals surface area contributed by atoms with Crippen molar-refractivity contribution in [2.45, 2.75) is 0 Å². The van der Waals surface area contributed by atoms with E-state index in [1.54, 1.807) is 6.07 Å². The second-order valence-corrected chi connectivity index (χ2v) is 4.64. The summed E-state index contributed by atoms with van der Waals surface area (Å²) in [7, 11) is 1.44. The van der Waals surface area contributed by atoms with Crippen LogP contribution in [0.25, 0.3) is 0 Å². The number of rotatable bonds is 3. The lowest BCUT2D eigenvalue weighted by Gasteiger charge is -2.21. The molecule has 1 amide bonds. The van der Waals surface area contributed by atoms with Crippen LogP contribution in [0.15, 0.2) is 24.3 Å². The normalized spacial score (nSPS) is 11.7. The quantitative estimate of drug-likeness (QED) is 0.493. The molecule has 0 saturated heterocycles. The largest absolute Gasteiger partial charge is 0.772 e. The fourth-order valence-electron chi connectivity index (χ4n) is 1.19. The van der Waals surface area contributed by atoms with E-state index in [1.807, 2.05) is 0 Å². The molecular formula is C10H10FN2O3S2-. The van der Waals surface area contributed by atoms with Crippen molar-refractivity contribution < 1.29 is 17.9 Å².